The van der Waals surface area contributed by atoms with Gasteiger partial charge in [-0.2, -0.15) is 0 Å². The number of nitrogens with zero attached hydrogens (tertiary/aromatic N) is 4. The number of likely N-dealkylation sites (N-methyl/N-ethyl adjacent to an activating group) is 1. The second-order valence-corrected chi connectivity index (χ2v) is 8.64. The number of aromatic nitrogens is 2. The van der Waals surface area contributed by atoms with Gasteiger partial charge in [0, 0.05) is 38.3 Å². The third kappa shape index (κ3) is 3.50. The number of thioether (sulfide) groups is 1. The molecule has 1 aliphatic carbocycles. The number of carbonyl (C=O) groups excluding carboxylic acids is 1. The molecule has 0 saturated carbocycles. The Hall–Kier alpha value is -1.31. The van der Waals surface area contributed by atoms with Crippen molar-refractivity contribution in [3.63, 3.8) is 0 Å². The first-order valence-corrected chi connectivity index (χ1v) is 9.24. The molecule has 0 unspecified atom stereocenters. The van der Waals surface area contributed by atoms with Crippen molar-refractivity contribution in [3.8, 4) is 0 Å². The van der Waals surface area contributed by atoms with E-state index in [0.717, 1.165) is 59.7 Å². The van der Waals surface area contributed by atoms with Crippen LogP contribution in [-0.2, 0) is 4.79 Å². The van der Waals surface area contributed by atoms with Crippen molar-refractivity contribution in [2.75, 3.05) is 43.4 Å². The highest BCUT2D eigenvalue weighted by molar-refractivity contribution is 8.04. The van der Waals surface area contributed by atoms with E-state index in [0.29, 0.717) is 6.42 Å². The van der Waals surface area contributed by atoms with Crippen LogP contribution in [0.3, 0.4) is 0 Å². The quantitative estimate of drug-likeness (QED) is 0.750. The third-order valence-electron chi connectivity index (χ3n) is 4.89. The normalized spacial score (nSPS) is 22.7. The smallest absolute Gasteiger partial charge is 0.171 e. The average Bonchev–Trinajstić information content (AvgIpc) is 2.53. The number of fused-ring (bicyclic) bond motifs is 1. The van der Waals surface area contributed by atoms with Crippen LogP contribution in [0.1, 0.15) is 26.7 Å². The number of halogens is 1. The lowest BCUT2D eigenvalue weighted by atomic mass is 9.78. The summed E-state index contributed by atoms with van der Waals surface area (Å²) >= 11 is 1.51. The first-order valence-electron chi connectivity index (χ1n) is 8.43. The number of hydrogen-bond donors (Lipinski definition) is 1. The summed E-state index contributed by atoms with van der Waals surface area (Å²) in [7, 11) is 2.15. The van der Waals surface area contributed by atoms with Crippen LogP contribution in [-0.4, -0.2) is 53.9 Å². The Morgan fingerprint density at radius 1 is 1.16 bits per heavy atom. The topological polar surface area (TPSA) is 61.4 Å². The van der Waals surface area contributed by atoms with E-state index in [4.69, 9.17) is 0 Å². The van der Waals surface area contributed by atoms with Crippen molar-refractivity contribution in [1.82, 2.24) is 14.9 Å². The lowest BCUT2D eigenvalue weighted by molar-refractivity contribution is -0.117. The van der Waals surface area contributed by atoms with E-state index >= 15 is 0 Å². The highest BCUT2D eigenvalue weighted by Crippen LogP contribution is 2.49. The molecule has 1 saturated heterocycles. The van der Waals surface area contributed by atoms with Gasteiger partial charge in [0.1, 0.15) is 17.0 Å². The zero-order chi connectivity index (χ0) is 16.9. The number of rotatable bonds is 1. The molecule has 136 valence electrons. The summed E-state index contributed by atoms with van der Waals surface area (Å²) < 4.78 is 0. The minimum absolute atomic E-state index is 0. The maximum atomic E-state index is 12.5. The predicted molar refractivity (Wildman–Crippen MR) is 104 cm³/mol. The van der Waals surface area contributed by atoms with Crippen molar-refractivity contribution in [3.05, 3.63) is 16.9 Å². The molecule has 1 aromatic rings. The van der Waals surface area contributed by atoms with E-state index in [1.165, 1.54) is 11.8 Å². The van der Waals surface area contributed by atoms with Gasteiger partial charge in [-0.3, -0.25) is 4.79 Å². The molecular weight excluding hydrogens is 358 g/mol. The molecule has 2 aliphatic heterocycles. The van der Waals surface area contributed by atoms with Gasteiger partial charge in [-0.05, 0) is 18.9 Å². The number of allylic oxidation sites excluding steroid dienone is 2. The van der Waals surface area contributed by atoms with Crippen LogP contribution in [0.5, 0.6) is 0 Å². The molecule has 0 spiro atoms. The van der Waals surface area contributed by atoms with Crippen LogP contribution < -0.4 is 10.2 Å². The van der Waals surface area contributed by atoms with Gasteiger partial charge in [-0.25, -0.2) is 9.97 Å². The van der Waals surface area contributed by atoms with E-state index in [1.807, 2.05) is 0 Å². The molecule has 0 amide bonds. The Balaban J connectivity index is 0.00000182. The summed E-state index contributed by atoms with van der Waals surface area (Å²) in [5.41, 5.74) is 2.01. The van der Waals surface area contributed by atoms with Crippen LogP contribution in [0.25, 0.3) is 0 Å². The molecule has 1 fully saturated rings. The number of anilines is 2. The van der Waals surface area contributed by atoms with Gasteiger partial charge in [0.25, 0.3) is 0 Å². The van der Waals surface area contributed by atoms with Crippen molar-refractivity contribution < 1.29 is 4.79 Å². The van der Waals surface area contributed by atoms with E-state index in [2.05, 4.69) is 46.0 Å². The molecule has 0 atom stereocenters. The standard InChI is InChI=1S/C17H23N5OS.ClH/c1-17(2)8-11-14(12(23)9-17)24-16-13(20-11)15(18-10-19-16)22-6-4-21(3)5-7-22;/h10,20H,4-9H2,1-3H3;1H. The molecule has 25 heavy (non-hydrogen) atoms. The molecule has 0 bridgehead atoms. The number of nitrogens with one attached hydrogen (secondary N) is 1. The van der Waals surface area contributed by atoms with Crippen LogP contribution in [0.2, 0.25) is 0 Å². The molecule has 8 heteroatoms. The van der Waals surface area contributed by atoms with Gasteiger partial charge < -0.3 is 15.1 Å². The number of carbonyl (C=O) groups is 1. The Bertz CT molecular complexity index is 728. The Kier molecular flexibility index (Phi) is 5.01. The maximum absolute atomic E-state index is 12.5. The SMILES string of the molecule is CN1CCN(c2ncnc3c2NC2=C(S3)C(=O)CC(C)(C)C2)CC1.Cl. The lowest BCUT2D eigenvalue weighted by Crippen LogP contribution is -2.45. The van der Waals surface area contributed by atoms with E-state index in [1.54, 1.807) is 6.33 Å². The van der Waals surface area contributed by atoms with Gasteiger partial charge in [-0.15, -0.1) is 12.4 Å². The zero-order valence-corrected chi connectivity index (χ0v) is 16.5. The van der Waals surface area contributed by atoms with E-state index in [9.17, 15) is 4.79 Å². The largest absolute Gasteiger partial charge is 0.353 e. The van der Waals surface area contributed by atoms with Crippen molar-refractivity contribution in [1.29, 1.82) is 0 Å². The molecule has 0 aromatic carbocycles. The summed E-state index contributed by atoms with van der Waals surface area (Å²) in [4.78, 5) is 26.9. The minimum atomic E-state index is 0. The number of hydrogen-bond acceptors (Lipinski definition) is 7. The molecule has 3 aliphatic rings. The Morgan fingerprint density at radius 2 is 1.88 bits per heavy atom. The van der Waals surface area contributed by atoms with Crippen molar-refractivity contribution in [2.45, 2.75) is 31.7 Å². The van der Waals surface area contributed by atoms with Gasteiger partial charge in [0.15, 0.2) is 11.6 Å². The predicted octanol–water partition coefficient (Wildman–Crippen LogP) is 2.77. The number of ketones is 1. The second-order valence-electron chi connectivity index (χ2n) is 7.64. The minimum Gasteiger partial charge on any atom is -0.353 e. The van der Waals surface area contributed by atoms with Crippen molar-refractivity contribution in [2.24, 2.45) is 5.41 Å². The van der Waals surface area contributed by atoms with E-state index < -0.39 is 0 Å². The summed E-state index contributed by atoms with van der Waals surface area (Å²) in [5.74, 6) is 1.19. The lowest BCUT2D eigenvalue weighted by Gasteiger charge is -2.37. The average molecular weight is 382 g/mol. The first-order chi connectivity index (χ1) is 11.4. The van der Waals surface area contributed by atoms with Gasteiger partial charge in [0.05, 0.1) is 4.91 Å². The fraction of sp³-hybridized carbons (Fsp3) is 0.588. The number of piperazine rings is 1. The first kappa shape index (κ1) is 18.5. The van der Waals surface area contributed by atoms with Gasteiger partial charge >= 0.3 is 0 Å². The third-order valence-corrected chi connectivity index (χ3v) is 6.07. The highest BCUT2D eigenvalue weighted by Gasteiger charge is 2.37. The van der Waals surface area contributed by atoms with Gasteiger partial charge in [-0.1, -0.05) is 25.6 Å². The van der Waals surface area contributed by atoms with Crippen LogP contribution >= 0.6 is 24.2 Å². The summed E-state index contributed by atoms with van der Waals surface area (Å²) in [6, 6.07) is 0. The molecule has 1 aromatic heterocycles. The fourth-order valence-corrected chi connectivity index (χ4v) is 4.55. The fourth-order valence-electron chi connectivity index (χ4n) is 3.58. The molecule has 0 radical (unpaired) electrons. The Labute approximate surface area is 158 Å². The second kappa shape index (κ2) is 6.78. The summed E-state index contributed by atoms with van der Waals surface area (Å²) in [5, 5.41) is 4.39. The molecule has 4 rings (SSSR count). The molecule has 6 nitrogen and oxygen atoms in total. The Morgan fingerprint density at radius 3 is 2.60 bits per heavy atom. The number of Topliss-reactive ketones (excluding diaryl/α,β-unsaturated/α-hetero) is 1. The molecule has 3 heterocycles. The van der Waals surface area contributed by atoms with E-state index in [-0.39, 0.29) is 23.6 Å². The molecule has 1 N–H and O–H groups in total. The van der Waals surface area contributed by atoms with Crippen LogP contribution in [0, 0.1) is 5.41 Å². The van der Waals surface area contributed by atoms with Crippen LogP contribution in [0.15, 0.2) is 22.0 Å². The van der Waals surface area contributed by atoms with Gasteiger partial charge in [0.2, 0.25) is 0 Å². The van der Waals surface area contributed by atoms with Crippen molar-refractivity contribution >= 4 is 41.5 Å². The molecular formula is C17H24ClN5OS. The highest BCUT2D eigenvalue weighted by atomic mass is 35.5. The summed E-state index contributed by atoms with van der Waals surface area (Å²) in [6.45, 7) is 8.29. The zero-order valence-electron chi connectivity index (χ0n) is 14.8. The van der Waals surface area contributed by atoms with Crippen LogP contribution in [0.4, 0.5) is 11.5 Å². The summed E-state index contributed by atoms with van der Waals surface area (Å²) in [6.07, 6.45) is 3.10. The maximum Gasteiger partial charge on any atom is 0.171 e. The monoisotopic (exact) mass is 381 g/mol.